The lowest BCUT2D eigenvalue weighted by atomic mass is 10.4. The number of nitrogens with zero attached hydrogens (tertiary/aromatic N) is 1. The van der Waals surface area contributed by atoms with Crippen LogP contribution in [0.25, 0.3) is 0 Å². The largest absolute Gasteiger partial charge is 0.326 e. The van der Waals surface area contributed by atoms with Gasteiger partial charge in [0, 0.05) is 6.92 Å². The maximum absolute atomic E-state index is 10.9. The highest BCUT2D eigenvalue weighted by atomic mass is 32.2. The lowest BCUT2D eigenvalue weighted by Crippen LogP contribution is -2.30. The minimum absolute atomic E-state index is 0.138. The quantitative estimate of drug-likeness (QED) is 0.530. The van der Waals surface area contributed by atoms with Gasteiger partial charge in [0.2, 0.25) is 5.91 Å². The summed E-state index contributed by atoms with van der Waals surface area (Å²) in [6.07, 6.45) is 0. The summed E-state index contributed by atoms with van der Waals surface area (Å²) in [5.74, 6) is 0.138. The lowest BCUT2D eigenvalue weighted by molar-refractivity contribution is -0.128. The van der Waals surface area contributed by atoms with E-state index in [-0.39, 0.29) is 11.3 Å². The molecule has 0 aromatic carbocycles. The number of hydrogen-bond donors (Lipinski definition) is 0. The Kier molecular flexibility index (Phi) is 2.04. The van der Waals surface area contributed by atoms with Gasteiger partial charge in [0.15, 0.2) is 0 Å². The molecular weight excluding hydrogens is 146 g/mol. The Morgan fingerprint density at radius 1 is 1.90 bits per heavy atom. The van der Waals surface area contributed by atoms with Crippen molar-refractivity contribution in [3.8, 4) is 0 Å². The first-order chi connectivity index (χ1) is 4.61. The van der Waals surface area contributed by atoms with E-state index in [0.29, 0.717) is 0 Å². The molecule has 1 saturated heterocycles. The van der Waals surface area contributed by atoms with Gasteiger partial charge in [-0.15, -0.1) is 11.8 Å². The molecule has 1 heterocycles. The first-order valence-corrected chi connectivity index (χ1v) is 4.11. The average Bonchev–Trinajstić information content (AvgIpc) is 2.10. The molecule has 56 valence electrons. The number of rotatable bonds is 0. The molecule has 0 radical (unpaired) electrons. The van der Waals surface area contributed by atoms with Crippen molar-refractivity contribution >= 4 is 17.7 Å². The second-order valence-electron chi connectivity index (χ2n) is 2.40. The molecule has 1 aliphatic rings. The monoisotopic (exact) mass is 157 g/mol. The summed E-state index contributed by atoms with van der Waals surface area (Å²) < 4.78 is 0. The zero-order valence-corrected chi connectivity index (χ0v) is 7.07. The van der Waals surface area contributed by atoms with E-state index in [1.165, 1.54) is 0 Å². The third-order valence-electron chi connectivity index (χ3n) is 1.53. The molecule has 1 fully saturated rings. The summed E-state index contributed by atoms with van der Waals surface area (Å²) in [5.41, 5.74) is 0. The van der Waals surface area contributed by atoms with Crippen LogP contribution in [0.5, 0.6) is 0 Å². The molecule has 0 aromatic rings. The van der Waals surface area contributed by atoms with Crippen LogP contribution in [-0.2, 0) is 4.79 Å². The molecule has 1 amide bonds. The van der Waals surface area contributed by atoms with E-state index < -0.39 is 0 Å². The molecular formula is C7H11NOS. The third kappa shape index (κ3) is 1.34. The van der Waals surface area contributed by atoms with Crippen molar-refractivity contribution in [3.63, 3.8) is 0 Å². The van der Waals surface area contributed by atoms with E-state index in [1.54, 1.807) is 18.7 Å². The molecule has 3 heteroatoms. The zero-order chi connectivity index (χ0) is 7.72. The number of amides is 1. The third-order valence-corrected chi connectivity index (χ3v) is 2.59. The molecule has 0 saturated carbocycles. The number of thioether (sulfide) groups is 1. The Morgan fingerprint density at radius 3 is 2.70 bits per heavy atom. The van der Waals surface area contributed by atoms with Crippen molar-refractivity contribution in [1.82, 2.24) is 4.90 Å². The smallest absolute Gasteiger partial charge is 0.220 e. The Bertz CT molecular complexity index is 178. The fraction of sp³-hybridized carbons (Fsp3) is 0.571. The maximum atomic E-state index is 10.9. The van der Waals surface area contributed by atoms with E-state index in [4.69, 9.17) is 0 Å². The van der Waals surface area contributed by atoms with Crippen LogP contribution in [-0.4, -0.2) is 22.7 Å². The molecule has 0 bridgehead atoms. The SMILES string of the molecule is C=C1CN(C(C)=O)C(C)S1. The van der Waals surface area contributed by atoms with E-state index in [0.717, 1.165) is 11.4 Å². The second kappa shape index (κ2) is 2.66. The van der Waals surface area contributed by atoms with Gasteiger partial charge in [-0.2, -0.15) is 0 Å². The minimum Gasteiger partial charge on any atom is -0.326 e. The molecule has 1 rings (SSSR count). The van der Waals surface area contributed by atoms with Gasteiger partial charge in [0.05, 0.1) is 11.9 Å². The van der Waals surface area contributed by atoms with Crippen molar-refractivity contribution in [2.45, 2.75) is 19.2 Å². The van der Waals surface area contributed by atoms with Crippen molar-refractivity contribution in [2.24, 2.45) is 0 Å². The first-order valence-electron chi connectivity index (χ1n) is 3.23. The fourth-order valence-corrected chi connectivity index (χ4v) is 2.07. The minimum atomic E-state index is 0.138. The van der Waals surface area contributed by atoms with Gasteiger partial charge >= 0.3 is 0 Å². The van der Waals surface area contributed by atoms with E-state index >= 15 is 0 Å². The molecule has 0 aliphatic carbocycles. The Hall–Kier alpha value is -0.440. The van der Waals surface area contributed by atoms with Crippen LogP contribution in [0.3, 0.4) is 0 Å². The number of hydrogen-bond acceptors (Lipinski definition) is 2. The molecule has 10 heavy (non-hydrogen) atoms. The molecule has 0 N–H and O–H groups in total. The van der Waals surface area contributed by atoms with Gasteiger partial charge in [0.25, 0.3) is 0 Å². The van der Waals surface area contributed by atoms with E-state index in [1.807, 2.05) is 11.8 Å². The maximum Gasteiger partial charge on any atom is 0.220 e. The van der Waals surface area contributed by atoms with Crippen molar-refractivity contribution in [2.75, 3.05) is 6.54 Å². The molecule has 1 aliphatic heterocycles. The van der Waals surface area contributed by atoms with Gasteiger partial charge in [-0.25, -0.2) is 0 Å². The van der Waals surface area contributed by atoms with E-state index in [9.17, 15) is 4.79 Å². The second-order valence-corrected chi connectivity index (χ2v) is 3.90. The summed E-state index contributed by atoms with van der Waals surface area (Å²) in [7, 11) is 0. The van der Waals surface area contributed by atoms with Gasteiger partial charge in [-0.1, -0.05) is 6.58 Å². The zero-order valence-electron chi connectivity index (χ0n) is 6.26. The highest BCUT2D eigenvalue weighted by Gasteiger charge is 2.25. The van der Waals surface area contributed by atoms with Crippen LogP contribution in [0, 0.1) is 0 Å². The van der Waals surface area contributed by atoms with Crippen molar-refractivity contribution in [1.29, 1.82) is 0 Å². The Morgan fingerprint density at radius 2 is 2.50 bits per heavy atom. The fourth-order valence-electron chi connectivity index (χ4n) is 1.03. The van der Waals surface area contributed by atoms with Crippen LogP contribution >= 0.6 is 11.8 Å². The number of carbonyl (C=O) groups is 1. The van der Waals surface area contributed by atoms with Crippen molar-refractivity contribution in [3.05, 3.63) is 11.5 Å². The van der Waals surface area contributed by atoms with Crippen LogP contribution in [0.4, 0.5) is 0 Å². The van der Waals surface area contributed by atoms with Gasteiger partial charge < -0.3 is 4.90 Å². The van der Waals surface area contributed by atoms with Crippen LogP contribution in [0.1, 0.15) is 13.8 Å². The summed E-state index contributed by atoms with van der Waals surface area (Å²) in [6.45, 7) is 8.14. The highest BCUT2D eigenvalue weighted by molar-refractivity contribution is 8.03. The summed E-state index contributed by atoms with van der Waals surface area (Å²) >= 11 is 1.67. The van der Waals surface area contributed by atoms with Gasteiger partial charge in [0.1, 0.15) is 0 Å². The first kappa shape index (κ1) is 7.66. The normalized spacial score (nSPS) is 25.6. The summed E-state index contributed by atoms with van der Waals surface area (Å²) in [4.78, 5) is 13.8. The molecule has 2 nitrogen and oxygen atoms in total. The lowest BCUT2D eigenvalue weighted by Gasteiger charge is -2.16. The topological polar surface area (TPSA) is 20.3 Å². The molecule has 1 atom stereocenters. The van der Waals surface area contributed by atoms with E-state index in [2.05, 4.69) is 6.58 Å². The van der Waals surface area contributed by atoms with Crippen LogP contribution in [0.2, 0.25) is 0 Å². The standard InChI is InChI=1S/C7H11NOS/c1-5-4-8(6(2)9)7(3)10-5/h7H,1,4H2,2-3H3. The van der Waals surface area contributed by atoms with Gasteiger partial charge in [-0.3, -0.25) is 4.79 Å². The van der Waals surface area contributed by atoms with Crippen molar-refractivity contribution < 1.29 is 4.79 Å². The molecule has 0 spiro atoms. The van der Waals surface area contributed by atoms with Gasteiger partial charge in [-0.05, 0) is 11.8 Å². The van der Waals surface area contributed by atoms with Crippen LogP contribution in [0.15, 0.2) is 11.5 Å². The number of carbonyl (C=O) groups excluding carboxylic acids is 1. The average molecular weight is 157 g/mol. The Labute approximate surface area is 65.3 Å². The summed E-state index contributed by atoms with van der Waals surface area (Å²) in [5, 5.41) is 0.282. The molecule has 1 unspecified atom stereocenters. The predicted molar refractivity (Wildman–Crippen MR) is 43.6 cm³/mol. The predicted octanol–water partition coefficient (Wildman–Crippen LogP) is 1.44. The molecule has 0 aromatic heterocycles. The Balaban J connectivity index is 2.63. The van der Waals surface area contributed by atoms with Crippen LogP contribution < -0.4 is 0 Å². The highest BCUT2D eigenvalue weighted by Crippen LogP contribution is 2.31. The summed E-state index contributed by atoms with van der Waals surface area (Å²) in [6, 6.07) is 0.